The zero-order chi connectivity index (χ0) is 10.8. The lowest BCUT2D eigenvalue weighted by Gasteiger charge is -2.32. The number of aliphatic hydroxyl groups excluding tert-OH is 1. The van der Waals surface area contributed by atoms with Crippen molar-refractivity contribution in [1.82, 2.24) is 5.32 Å². The van der Waals surface area contributed by atoms with Gasteiger partial charge in [0, 0.05) is 12.6 Å². The van der Waals surface area contributed by atoms with Crippen LogP contribution in [0.2, 0.25) is 5.02 Å². The van der Waals surface area contributed by atoms with Crippen molar-refractivity contribution in [3.63, 3.8) is 0 Å². The Balaban J connectivity index is 1.86. The van der Waals surface area contributed by atoms with Crippen molar-refractivity contribution in [3.8, 4) is 0 Å². The summed E-state index contributed by atoms with van der Waals surface area (Å²) in [7, 11) is 0. The summed E-state index contributed by atoms with van der Waals surface area (Å²) in [5.74, 6) is -0.385. The van der Waals surface area contributed by atoms with Gasteiger partial charge >= 0.3 is 0 Å². The average molecular weight is 230 g/mol. The monoisotopic (exact) mass is 229 g/mol. The first-order valence-electron chi connectivity index (χ1n) is 5.00. The van der Waals surface area contributed by atoms with Crippen molar-refractivity contribution in [2.45, 2.75) is 31.5 Å². The number of halogens is 2. The van der Waals surface area contributed by atoms with Crippen LogP contribution in [0.15, 0.2) is 18.2 Å². The van der Waals surface area contributed by atoms with Crippen LogP contribution in [0.1, 0.15) is 18.4 Å². The lowest BCUT2D eigenvalue weighted by atomic mass is 9.89. The van der Waals surface area contributed by atoms with Crippen molar-refractivity contribution in [3.05, 3.63) is 34.6 Å². The third-order valence-corrected chi connectivity index (χ3v) is 3.00. The van der Waals surface area contributed by atoms with E-state index in [2.05, 4.69) is 5.32 Å². The summed E-state index contributed by atoms with van der Waals surface area (Å²) < 4.78 is 13.1. The molecule has 0 aromatic heterocycles. The Kier molecular flexibility index (Phi) is 3.24. The molecule has 1 fully saturated rings. The first-order valence-corrected chi connectivity index (χ1v) is 5.38. The van der Waals surface area contributed by atoms with Crippen LogP contribution in [0.4, 0.5) is 4.39 Å². The van der Waals surface area contributed by atoms with E-state index in [9.17, 15) is 4.39 Å². The molecule has 15 heavy (non-hydrogen) atoms. The van der Waals surface area contributed by atoms with Crippen LogP contribution in [0.5, 0.6) is 0 Å². The first kappa shape index (κ1) is 10.9. The van der Waals surface area contributed by atoms with E-state index >= 15 is 0 Å². The highest BCUT2D eigenvalue weighted by atomic mass is 35.5. The second-order valence-corrected chi connectivity index (χ2v) is 4.36. The number of benzene rings is 1. The Morgan fingerprint density at radius 1 is 1.47 bits per heavy atom. The maximum atomic E-state index is 13.1. The predicted octanol–water partition coefficient (Wildman–Crippen LogP) is 2.09. The topological polar surface area (TPSA) is 32.3 Å². The van der Waals surface area contributed by atoms with E-state index in [1.54, 1.807) is 12.1 Å². The SMILES string of the molecule is OC1CC(NCc2ccc(Cl)c(F)c2)C1. The Labute approximate surface area is 93.1 Å². The van der Waals surface area contributed by atoms with Gasteiger partial charge in [-0.2, -0.15) is 0 Å². The van der Waals surface area contributed by atoms with Gasteiger partial charge in [-0.05, 0) is 30.5 Å². The van der Waals surface area contributed by atoms with Crippen LogP contribution in [-0.2, 0) is 6.54 Å². The molecule has 0 atom stereocenters. The first-order chi connectivity index (χ1) is 7.15. The highest BCUT2D eigenvalue weighted by Gasteiger charge is 2.26. The lowest BCUT2D eigenvalue weighted by Crippen LogP contribution is -2.43. The molecule has 0 radical (unpaired) electrons. The van der Waals surface area contributed by atoms with Gasteiger partial charge in [-0.25, -0.2) is 4.39 Å². The molecule has 1 saturated carbocycles. The number of hydrogen-bond acceptors (Lipinski definition) is 2. The summed E-state index contributed by atoms with van der Waals surface area (Å²) in [6, 6.07) is 5.15. The van der Waals surface area contributed by atoms with Gasteiger partial charge in [0.05, 0.1) is 11.1 Å². The normalized spacial score (nSPS) is 25.0. The zero-order valence-corrected chi connectivity index (χ0v) is 8.97. The third-order valence-electron chi connectivity index (χ3n) is 2.69. The van der Waals surface area contributed by atoms with Crippen LogP contribution in [0.25, 0.3) is 0 Å². The smallest absolute Gasteiger partial charge is 0.142 e. The van der Waals surface area contributed by atoms with E-state index in [0.717, 1.165) is 18.4 Å². The fraction of sp³-hybridized carbons (Fsp3) is 0.455. The number of aliphatic hydroxyl groups is 1. The summed E-state index contributed by atoms with van der Waals surface area (Å²) in [4.78, 5) is 0. The van der Waals surface area contributed by atoms with E-state index in [-0.39, 0.29) is 16.9 Å². The van der Waals surface area contributed by atoms with Gasteiger partial charge in [0.1, 0.15) is 5.82 Å². The van der Waals surface area contributed by atoms with Gasteiger partial charge in [-0.15, -0.1) is 0 Å². The Morgan fingerprint density at radius 3 is 2.80 bits per heavy atom. The summed E-state index contributed by atoms with van der Waals surface area (Å²) in [6.07, 6.45) is 1.41. The van der Waals surface area contributed by atoms with E-state index in [0.29, 0.717) is 12.6 Å². The van der Waals surface area contributed by atoms with Gasteiger partial charge in [0.2, 0.25) is 0 Å². The molecule has 0 saturated heterocycles. The van der Waals surface area contributed by atoms with Crippen molar-refractivity contribution >= 4 is 11.6 Å². The molecule has 82 valence electrons. The fourth-order valence-electron chi connectivity index (χ4n) is 1.67. The minimum absolute atomic E-state index is 0.151. The number of nitrogens with one attached hydrogen (secondary N) is 1. The zero-order valence-electron chi connectivity index (χ0n) is 8.21. The summed E-state index contributed by atoms with van der Waals surface area (Å²) in [5.41, 5.74) is 0.873. The van der Waals surface area contributed by atoms with Crippen molar-refractivity contribution in [2.24, 2.45) is 0 Å². The summed E-state index contributed by atoms with van der Waals surface area (Å²) in [6.45, 7) is 0.617. The predicted molar refractivity (Wildman–Crippen MR) is 57.3 cm³/mol. The maximum Gasteiger partial charge on any atom is 0.142 e. The molecule has 2 nitrogen and oxygen atoms in total. The van der Waals surface area contributed by atoms with E-state index in [4.69, 9.17) is 16.7 Å². The average Bonchev–Trinajstić information content (AvgIpc) is 2.16. The largest absolute Gasteiger partial charge is 0.393 e. The Morgan fingerprint density at radius 2 is 2.20 bits per heavy atom. The van der Waals surface area contributed by atoms with Crippen molar-refractivity contribution in [2.75, 3.05) is 0 Å². The Hall–Kier alpha value is -0.640. The van der Waals surface area contributed by atoms with E-state index < -0.39 is 0 Å². The van der Waals surface area contributed by atoms with E-state index in [1.807, 2.05) is 0 Å². The van der Waals surface area contributed by atoms with Gasteiger partial charge in [-0.3, -0.25) is 0 Å². The number of rotatable bonds is 3. The maximum absolute atomic E-state index is 13.1. The van der Waals surface area contributed by atoms with Gasteiger partial charge < -0.3 is 10.4 Å². The molecule has 0 heterocycles. The molecular formula is C11H13ClFNO. The highest BCUT2D eigenvalue weighted by molar-refractivity contribution is 6.30. The van der Waals surface area contributed by atoms with Crippen LogP contribution < -0.4 is 5.32 Å². The second-order valence-electron chi connectivity index (χ2n) is 3.95. The van der Waals surface area contributed by atoms with Gasteiger partial charge in [0.25, 0.3) is 0 Å². The van der Waals surface area contributed by atoms with Gasteiger partial charge in [-0.1, -0.05) is 17.7 Å². The van der Waals surface area contributed by atoms with Crippen LogP contribution in [0, 0.1) is 5.82 Å². The summed E-state index contributed by atoms with van der Waals surface area (Å²) >= 11 is 5.57. The minimum atomic E-state index is -0.385. The fourth-order valence-corrected chi connectivity index (χ4v) is 1.78. The van der Waals surface area contributed by atoms with Crippen LogP contribution >= 0.6 is 11.6 Å². The molecule has 0 unspecified atom stereocenters. The molecule has 2 rings (SSSR count). The van der Waals surface area contributed by atoms with Crippen molar-refractivity contribution in [1.29, 1.82) is 0 Å². The van der Waals surface area contributed by atoms with Crippen molar-refractivity contribution < 1.29 is 9.50 Å². The summed E-state index contributed by atoms with van der Waals surface area (Å²) in [5, 5.41) is 12.5. The highest BCUT2D eigenvalue weighted by Crippen LogP contribution is 2.20. The minimum Gasteiger partial charge on any atom is -0.393 e. The molecule has 2 N–H and O–H groups in total. The molecule has 0 spiro atoms. The van der Waals surface area contributed by atoms with Crippen LogP contribution in [-0.4, -0.2) is 17.3 Å². The Bertz CT molecular complexity index is 352. The molecule has 1 aromatic rings. The molecule has 1 aromatic carbocycles. The molecule has 0 aliphatic heterocycles. The third kappa shape index (κ3) is 2.68. The molecule has 4 heteroatoms. The second kappa shape index (κ2) is 4.47. The number of hydrogen-bond donors (Lipinski definition) is 2. The lowest BCUT2D eigenvalue weighted by molar-refractivity contribution is 0.0619. The molecule has 1 aliphatic carbocycles. The molecule has 0 bridgehead atoms. The van der Waals surface area contributed by atoms with E-state index in [1.165, 1.54) is 6.07 Å². The molecule has 0 amide bonds. The van der Waals surface area contributed by atoms with Crippen LogP contribution in [0.3, 0.4) is 0 Å². The standard InChI is InChI=1S/C11H13ClFNO/c12-10-2-1-7(3-11(10)13)6-14-8-4-9(15)5-8/h1-3,8-9,14-15H,4-6H2. The molecular weight excluding hydrogens is 217 g/mol. The van der Waals surface area contributed by atoms with Gasteiger partial charge in [0.15, 0.2) is 0 Å². The molecule has 1 aliphatic rings. The quantitative estimate of drug-likeness (QED) is 0.832.